The number of oxazole rings is 1. The van der Waals surface area contributed by atoms with Gasteiger partial charge < -0.3 is 18.9 Å². The predicted octanol–water partition coefficient (Wildman–Crippen LogP) is 4.25. The fraction of sp³-hybridized carbons (Fsp3) is 0.391. The molecule has 7 heteroatoms. The average Bonchev–Trinajstić information content (AvgIpc) is 3.43. The van der Waals surface area contributed by atoms with Crippen LogP contribution in [0.5, 0.6) is 5.75 Å². The number of rotatable bonds is 10. The molecule has 160 valence electrons. The molecule has 2 heterocycles. The molecule has 0 saturated heterocycles. The van der Waals surface area contributed by atoms with E-state index in [0.717, 1.165) is 12.3 Å². The zero-order chi connectivity index (χ0) is 21.5. The number of carbonyl (C=O) groups excluding carboxylic acids is 1. The molecule has 0 saturated carbocycles. The maximum absolute atomic E-state index is 12.3. The summed E-state index contributed by atoms with van der Waals surface area (Å²) in [7, 11) is 1.66. The summed E-state index contributed by atoms with van der Waals surface area (Å²) in [5, 5.41) is 2.78. The van der Waals surface area contributed by atoms with Gasteiger partial charge in [-0.15, -0.1) is 0 Å². The highest BCUT2D eigenvalue weighted by molar-refractivity contribution is 5.91. The summed E-state index contributed by atoms with van der Waals surface area (Å²) in [6, 6.07) is 11.9. The van der Waals surface area contributed by atoms with Crippen LogP contribution >= 0.6 is 0 Å². The molecule has 2 aromatic heterocycles. The molecule has 7 nitrogen and oxygen atoms in total. The first kappa shape index (κ1) is 21.6. The molecule has 30 heavy (non-hydrogen) atoms. The van der Waals surface area contributed by atoms with Gasteiger partial charge in [-0.25, -0.2) is 4.98 Å². The van der Waals surface area contributed by atoms with Crippen LogP contribution in [0.25, 0.3) is 0 Å². The molecule has 0 aliphatic rings. The van der Waals surface area contributed by atoms with E-state index >= 15 is 0 Å². The van der Waals surface area contributed by atoms with E-state index < -0.39 is 0 Å². The van der Waals surface area contributed by atoms with E-state index in [1.54, 1.807) is 25.5 Å². The van der Waals surface area contributed by atoms with E-state index in [-0.39, 0.29) is 11.6 Å². The highest BCUT2D eigenvalue weighted by atomic mass is 16.5. The standard InChI is InChI=1S/C23H29N3O4/c1-16(2)17(3)26(13-18-7-9-19(28-4)10-8-18)14-22-25-21(15-30-22)23(27)24-12-20-6-5-11-29-20/h5-11,15-17H,12-14H2,1-4H3,(H,24,27). The third-order valence-corrected chi connectivity index (χ3v) is 5.21. The largest absolute Gasteiger partial charge is 0.497 e. The third-order valence-electron chi connectivity index (χ3n) is 5.21. The summed E-state index contributed by atoms with van der Waals surface area (Å²) in [6.07, 6.45) is 2.97. The topological polar surface area (TPSA) is 80.7 Å². The highest BCUT2D eigenvalue weighted by Crippen LogP contribution is 2.20. The first-order chi connectivity index (χ1) is 14.5. The number of benzene rings is 1. The van der Waals surface area contributed by atoms with E-state index in [9.17, 15) is 4.79 Å². The second-order valence-electron chi connectivity index (χ2n) is 7.63. The molecule has 0 radical (unpaired) electrons. The average molecular weight is 412 g/mol. The van der Waals surface area contributed by atoms with Gasteiger partial charge in [-0.1, -0.05) is 26.0 Å². The summed E-state index contributed by atoms with van der Waals surface area (Å²) in [6.45, 7) is 8.13. The summed E-state index contributed by atoms with van der Waals surface area (Å²) in [5.74, 6) is 2.19. The van der Waals surface area contributed by atoms with Gasteiger partial charge in [0.1, 0.15) is 17.8 Å². The Morgan fingerprint density at radius 2 is 1.90 bits per heavy atom. The maximum atomic E-state index is 12.3. The Labute approximate surface area is 177 Å². The third kappa shape index (κ3) is 5.73. The van der Waals surface area contributed by atoms with Crippen molar-refractivity contribution in [1.82, 2.24) is 15.2 Å². The number of hydrogen-bond donors (Lipinski definition) is 1. The van der Waals surface area contributed by atoms with Crippen LogP contribution in [-0.4, -0.2) is 28.9 Å². The molecule has 1 unspecified atom stereocenters. The smallest absolute Gasteiger partial charge is 0.273 e. The van der Waals surface area contributed by atoms with Crippen molar-refractivity contribution in [2.24, 2.45) is 5.92 Å². The lowest BCUT2D eigenvalue weighted by atomic mass is 10.0. The quantitative estimate of drug-likeness (QED) is 0.537. The zero-order valence-corrected chi connectivity index (χ0v) is 17.9. The van der Waals surface area contributed by atoms with Crippen molar-refractivity contribution in [3.8, 4) is 5.75 Å². The Hall–Kier alpha value is -3.06. The number of hydrogen-bond acceptors (Lipinski definition) is 6. The molecule has 0 aliphatic carbocycles. The van der Waals surface area contributed by atoms with Crippen LogP contribution < -0.4 is 10.1 Å². The van der Waals surface area contributed by atoms with E-state index in [1.807, 2.05) is 12.1 Å². The van der Waals surface area contributed by atoms with Crippen LogP contribution in [-0.2, 0) is 19.6 Å². The lowest BCUT2D eigenvalue weighted by molar-refractivity contribution is 0.0942. The van der Waals surface area contributed by atoms with Gasteiger partial charge in [0, 0.05) is 12.6 Å². The van der Waals surface area contributed by atoms with Crippen LogP contribution in [0.4, 0.5) is 0 Å². The van der Waals surface area contributed by atoms with Crippen molar-refractivity contribution < 1.29 is 18.4 Å². The number of amides is 1. The van der Waals surface area contributed by atoms with Crippen molar-refractivity contribution in [3.05, 3.63) is 71.8 Å². The fourth-order valence-electron chi connectivity index (χ4n) is 3.06. The van der Waals surface area contributed by atoms with Crippen LogP contribution in [0.1, 0.15) is 48.5 Å². The van der Waals surface area contributed by atoms with Gasteiger partial charge in [-0.2, -0.15) is 0 Å². The molecule has 0 spiro atoms. The Morgan fingerprint density at radius 1 is 1.13 bits per heavy atom. The predicted molar refractivity (Wildman–Crippen MR) is 113 cm³/mol. The molecular weight excluding hydrogens is 382 g/mol. The Bertz CT molecular complexity index is 916. The van der Waals surface area contributed by atoms with Crippen molar-refractivity contribution >= 4 is 5.91 Å². The second-order valence-corrected chi connectivity index (χ2v) is 7.63. The van der Waals surface area contributed by atoms with Crippen LogP contribution in [0, 0.1) is 5.92 Å². The van der Waals surface area contributed by atoms with E-state index in [2.05, 4.69) is 48.1 Å². The number of furan rings is 1. The first-order valence-electron chi connectivity index (χ1n) is 10.1. The number of carbonyl (C=O) groups is 1. The molecule has 0 aliphatic heterocycles. The van der Waals surface area contributed by atoms with Crippen molar-refractivity contribution in [2.45, 2.75) is 46.4 Å². The minimum Gasteiger partial charge on any atom is -0.497 e. The van der Waals surface area contributed by atoms with Crippen LogP contribution in [0.2, 0.25) is 0 Å². The number of nitrogens with zero attached hydrogens (tertiary/aromatic N) is 2. The minimum atomic E-state index is -0.292. The van der Waals surface area contributed by atoms with E-state index in [0.29, 0.717) is 36.7 Å². The van der Waals surface area contributed by atoms with Gasteiger partial charge in [-0.05, 0) is 42.7 Å². The summed E-state index contributed by atoms with van der Waals surface area (Å²) in [4.78, 5) is 19.0. The summed E-state index contributed by atoms with van der Waals surface area (Å²) < 4.78 is 16.1. The Morgan fingerprint density at radius 3 is 2.53 bits per heavy atom. The summed E-state index contributed by atoms with van der Waals surface area (Å²) >= 11 is 0. The Balaban J connectivity index is 1.65. The molecule has 1 aromatic carbocycles. The molecular formula is C23H29N3O4. The minimum absolute atomic E-state index is 0.262. The number of ether oxygens (including phenoxy) is 1. The molecule has 0 fully saturated rings. The lowest BCUT2D eigenvalue weighted by Gasteiger charge is -2.30. The van der Waals surface area contributed by atoms with Gasteiger partial charge >= 0.3 is 0 Å². The van der Waals surface area contributed by atoms with Gasteiger partial charge in [0.25, 0.3) is 5.91 Å². The molecule has 1 N–H and O–H groups in total. The van der Waals surface area contributed by atoms with Gasteiger partial charge in [0.05, 0.1) is 26.5 Å². The van der Waals surface area contributed by atoms with Gasteiger partial charge in [0.15, 0.2) is 5.69 Å². The summed E-state index contributed by atoms with van der Waals surface area (Å²) in [5.41, 5.74) is 1.43. The lowest BCUT2D eigenvalue weighted by Crippen LogP contribution is -2.36. The SMILES string of the molecule is COc1ccc(CN(Cc2nc(C(=O)NCc3ccco3)co2)C(C)C(C)C)cc1. The highest BCUT2D eigenvalue weighted by Gasteiger charge is 2.21. The maximum Gasteiger partial charge on any atom is 0.273 e. The fourth-order valence-corrected chi connectivity index (χ4v) is 3.06. The first-order valence-corrected chi connectivity index (χ1v) is 10.1. The molecule has 1 amide bonds. The van der Waals surface area contributed by atoms with Crippen LogP contribution in [0.3, 0.4) is 0 Å². The molecule has 0 bridgehead atoms. The van der Waals surface area contributed by atoms with Crippen LogP contribution in [0.15, 0.2) is 57.8 Å². The Kier molecular flexibility index (Phi) is 7.30. The van der Waals surface area contributed by atoms with Crippen molar-refractivity contribution in [2.75, 3.05) is 7.11 Å². The van der Waals surface area contributed by atoms with Crippen molar-refractivity contribution in [1.29, 1.82) is 0 Å². The molecule has 3 aromatic rings. The van der Waals surface area contributed by atoms with E-state index in [4.69, 9.17) is 13.6 Å². The van der Waals surface area contributed by atoms with Gasteiger partial charge in [-0.3, -0.25) is 9.69 Å². The zero-order valence-electron chi connectivity index (χ0n) is 17.9. The number of nitrogens with one attached hydrogen (secondary N) is 1. The molecule has 1 atom stereocenters. The van der Waals surface area contributed by atoms with Crippen molar-refractivity contribution in [3.63, 3.8) is 0 Å². The second kappa shape index (κ2) is 10.1. The normalized spacial score (nSPS) is 12.3. The number of aromatic nitrogens is 1. The molecule has 3 rings (SSSR count). The monoisotopic (exact) mass is 411 g/mol. The van der Waals surface area contributed by atoms with Gasteiger partial charge in [0.2, 0.25) is 5.89 Å². The number of methoxy groups -OCH3 is 1. The van der Waals surface area contributed by atoms with E-state index in [1.165, 1.54) is 11.8 Å².